The van der Waals surface area contributed by atoms with Crippen molar-refractivity contribution >= 4 is 11.6 Å². The summed E-state index contributed by atoms with van der Waals surface area (Å²) in [6.07, 6.45) is 6.18. The van der Waals surface area contributed by atoms with Gasteiger partial charge in [-0.15, -0.1) is 0 Å². The summed E-state index contributed by atoms with van der Waals surface area (Å²) in [5.74, 6) is -0.196. The minimum absolute atomic E-state index is 0.159. The molecular weight excluding hydrogens is 552 g/mol. The van der Waals surface area contributed by atoms with Gasteiger partial charge < -0.3 is 25.2 Å². The first-order valence-corrected chi connectivity index (χ1v) is 15.9. The van der Waals surface area contributed by atoms with Crippen molar-refractivity contribution in [2.45, 2.75) is 84.7 Å². The molecule has 1 saturated carbocycles. The number of aliphatic hydroxyl groups excluding tert-OH is 1. The summed E-state index contributed by atoms with van der Waals surface area (Å²) in [4.78, 5) is 41.0. The summed E-state index contributed by atoms with van der Waals surface area (Å²) in [6.45, 7) is 11.1. The topological polar surface area (TPSA) is 105 Å². The molecule has 0 atom stereocenters. The number of aryl methyl sites for hydroxylation is 2. The Morgan fingerprint density at radius 1 is 1.05 bits per heavy atom. The number of pyridine rings is 2. The highest BCUT2D eigenvalue weighted by molar-refractivity contribution is 5.99. The Morgan fingerprint density at radius 3 is 2.34 bits per heavy atom. The van der Waals surface area contributed by atoms with Crippen LogP contribution in [0.25, 0.3) is 11.1 Å². The number of carbonyl (C=O) groups excluding carboxylic acids is 1. The molecule has 1 aliphatic heterocycles. The minimum atomic E-state index is -0.238. The summed E-state index contributed by atoms with van der Waals surface area (Å²) >= 11 is 0. The van der Waals surface area contributed by atoms with Crippen LogP contribution in [0.15, 0.2) is 41.3 Å². The van der Waals surface area contributed by atoms with Gasteiger partial charge in [-0.25, -0.2) is 0 Å². The van der Waals surface area contributed by atoms with Crippen LogP contribution in [0.3, 0.4) is 0 Å². The summed E-state index contributed by atoms with van der Waals surface area (Å²) in [5.41, 5.74) is 7.54. The number of hydrogen-bond donors (Lipinski definition) is 3. The monoisotopic (exact) mass is 600 g/mol. The summed E-state index contributed by atoms with van der Waals surface area (Å²) < 4.78 is 0. The van der Waals surface area contributed by atoms with E-state index in [4.69, 9.17) is 4.98 Å². The Bertz CT molecular complexity index is 1520. The molecule has 1 amide bonds. The van der Waals surface area contributed by atoms with Crippen molar-refractivity contribution in [3.63, 3.8) is 0 Å². The van der Waals surface area contributed by atoms with Crippen LogP contribution in [0.5, 0.6) is 0 Å². The van der Waals surface area contributed by atoms with E-state index in [0.29, 0.717) is 42.8 Å². The molecule has 0 radical (unpaired) electrons. The number of aromatic amines is 1. The van der Waals surface area contributed by atoms with Crippen LogP contribution < -0.4 is 15.8 Å². The average Bonchev–Trinajstić information content (AvgIpc) is 2.97. The Labute approximate surface area is 261 Å². The van der Waals surface area contributed by atoms with Crippen LogP contribution in [0.2, 0.25) is 0 Å². The van der Waals surface area contributed by atoms with Crippen LogP contribution in [0, 0.1) is 20.8 Å². The van der Waals surface area contributed by atoms with Gasteiger partial charge in [-0.3, -0.25) is 19.5 Å². The van der Waals surface area contributed by atoms with E-state index in [1.165, 1.54) is 0 Å². The molecule has 1 aromatic carbocycles. The molecule has 0 unspecified atom stereocenters. The van der Waals surface area contributed by atoms with E-state index in [9.17, 15) is 14.7 Å². The third-order valence-electron chi connectivity index (χ3n) is 9.51. The Morgan fingerprint density at radius 2 is 1.75 bits per heavy atom. The molecule has 1 aliphatic carbocycles. The predicted molar refractivity (Wildman–Crippen MR) is 176 cm³/mol. The van der Waals surface area contributed by atoms with E-state index < -0.39 is 0 Å². The van der Waals surface area contributed by atoms with Gasteiger partial charge in [0.05, 0.1) is 11.8 Å². The first kappa shape index (κ1) is 31.9. The van der Waals surface area contributed by atoms with Gasteiger partial charge >= 0.3 is 0 Å². The number of rotatable bonds is 10. The van der Waals surface area contributed by atoms with E-state index in [1.54, 1.807) is 0 Å². The van der Waals surface area contributed by atoms with Gasteiger partial charge in [-0.2, -0.15) is 0 Å². The maximum atomic E-state index is 13.8. The normalized spacial score (nSPS) is 19.2. The van der Waals surface area contributed by atoms with Crippen LogP contribution in [-0.2, 0) is 13.1 Å². The maximum absolute atomic E-state index is 13.8. The van der Waals surface area contributed by atoms with Gasteiger partial charge in [0.1, 0.15) is 0 Å². The van der Waals surface area contributed by atoms with Gasteiger partial charge in [0.2, 0.25) is 0 Å². The fourth-order valence-electron chi connectivity index (χ4n) is 6.87. The molecule has 1 saturated heterocycles. The van der Waals surface area contributed by atoms with Crippen LogP contribution in [0.1, 0.15) is 71.0 Å². The van der Waals surface area contributed by atoms with Gasteiger partial charge in [-0.1, -0.05) is 6.07 Å². The lowest BCUT2D eigenvalue weighted by Gasteiger charge is -2.40. The number of aliphatic hydroxyl groups is 1. The van der Waals surface area contributed by atoms with E-state index in [0.717, 1.165) is 71.6 Å². The Hall–Kier alpha value is -3.53. The predicted octanol–water partition coefficient (Wildman–Crippen LogP) is 4.17. The number of amides is 1. The van der Waals surface area contributed by atoms with E-state index in [-0.39, 0.29) is 24.1 Å². The van der Waals surface area contributed by atoms with Crippen molar-refractivity contribution in [3.8, 4) is 11.1 Å². The molecule has 9 heteroatoms. The number of benzene rings is 1. The lowest BCUT2D eigenvalue weighted by Crippen LogP contribution is -2.49. The molecule has 3 aromatic rings. The Kier molecular flexibility index (Phi) is 9.87. The van der Waals surface area contributed by atoms with Crippen LogP contribution in [-0.4, -0.2) is 82.7 Å². The molecule has 0 bridgehead atoms. The van der Waals surface area contributed by atoms with E-state index in [1.807, 2.05) is 45.2 Å². The van der Waals surface area contributed by atoms with Gasteiger partial charge in [-0.05, 0) is 108 Å². The number of hydrogen-bond acceptors (Lipinski definition) is 7. The van der Waals surface area contributed by atoms with Gasteiger partial charge in [0.25, 0.3) is 11.5 Å². The molecule has 2 aliphatic rings. The molecule has 0 spiro atoms. The highest BCUT2D eigenvalue weighted by Gasteiger charge is 2.29. The summed E-state index contributed by atoms with van der Waals surface area (Å²) in [7, 11) is 4.33. The van der Waals surface area contributed by atoms with E-state index in [2.05, 4.69) is 58.2 Å². The largest absolute Gasteiger partial charge is 0.390 e. The number of aromatic nitrogens is 2. The van der Waals surface area contributed by atoms with Crippen molar-refractivity contribution in [3.05, 3.63) is 80.5 Å². The summed E-state index contributed by atoms with van der Waals surface area (Å²) in [6, 6.07) is 11.2. The molecule has 3 heterocycles. The maximum Gasteiger partial charge on any atom is 0.253 e. The third kappa shape index (κ3) is 7.06. The zero-order valence-corrected chi connectivity index (χ0v) is 27.1. The lowest BCUT2D eigenvalue weighted by atomic mass is 9.88. The number of nitrogens with one attached hydrogen (secondary N) is 2. The number of carbonyl (C=O) groups is 1. The van der Waals surface area contributed by atoms with E-state index >= 15 is 0 Å². The zero-order chi connectivity index (χ0) is 31.5. The highest BCUT2D eigenvalue weighted by Crippen LogP contribution is 2.35. The molecule has 2 aromatic heterocycles. The molecule has 236 valence electrons. The first-order chi connectivity index (χ1) is 21.0. The van der Waals surface area contributed by atoms with Crippen LogP contribution in [0.4, 0.5) is 5.69 Å². The number of H-pyrrole nitrogens is 1. The molecule has 2 fully saturated rings. The number of β-amino-alcohol motifs (C(OH)–C–C–N with tert-alkyl or cyclic N) is 1. The van der Waals surface area contributed by atoms with Gasteiger partial charge in [0.15, 0.2) is 0 Å². The highest BCUT2D eigenvalue weighted by atomic mass is 16.3. The zero-order valence-electron chi connectivity index (χ0n) is 27.1. The second kappa shape index (κ2) is 13.6. The fraction of sp³-hybridized carbons (Fsp3) is 0.514. The lowest BCUT2D eigenvalue weighted by molar-refractivity contribution is -0.00353. The molecule has 5 rings (SSSR count). The Balaban J connectivity index is 1.46. The van der Waals surface area contributed by atoms with Crippen molar-refractivity contribution in [2.75, 3.05) is 38.6 Å². The third-order valence-corrected chi connectivity index (χ3v) is 9.51. The SMILES string of the molecule is CCN(c1cc(-c2ccc(CN3CC(O)C3)nc2)cc(C(=O)NCc2c(C)cc(C)[nH]c2=O)c1C)C1CCC(N(C)C)CC1. The molecule has 44 heavy (non-hydrogen) atoms. The second-order valence-electron chi connectivity index (χ2n) is 12.9. The first-order valence-electron chi connectivity index (χ1n) is 15.9. The van der Waals surface area contributed by atoms with Crippen molar-refractivity contribution in [1.82, 2.24) is 25.1 Å². The standard InChI is InChI=1S/C35H48N6O3/c1-7-41(29-12-10-28(11-13-29)39(5)6)33-16-26(25-8-9-27(36-17-25)19-40-20-30(42)21-40)15-31(24(33)4)34(43)37-18-32-22(2)14-23(3)38-35(32)44/h8-9,14-17,28-30,42H,7,10-13,18-21H2,1-6H3,(H,37,43)(H,38,44). The second-order valence-corrected chi connectivity index (χ2v) is 12.9. The number of anilines is 1. The van der Waals surface area contributed by atoms with Crippen molar-refractivity contribution < 1.29 is 9.90 Å². The van der Waals surface area contributed by atoms with Crippen molar-refractivity contribution in [1.29, 1.82) is 0 Å². The summed E-state index contributed by atoms with van der Waals surface area (Å²) in [5, 5.41) is 12.7. The molecule has 3 N–H and O–H groups in total. The van der Waals surface area contributed by atoms with Crippen LogP contribution >= 0.6 is 0 Å². The average molecular weight is 601 g/mol. The number of likely N-dealkylation sites (tertiary alicyclic amines) is 1. The van der Waals surface area contributed by atoms with Crippen molar-refractivity contribution in [2.24, 2.45) is 0 Å². The minimum Gasteiger partial charge on any atom is -0.390 e. The fourth-order valence-corrected chi connectivity index (χ4v) is 6.87. The molecular formula is C35H48N6O3. The smallest absolute Gasteiger partial charge is 0.253 e. The number of nitrogens with zero attached hydrogens (tertiary/aromatic N) is 4. The van der Waals surface area contributed by atoms with Gasteiger partial charge in [0, 0.05) is 79.1 Å². The quantitative estimate of drug-likeness (QED) is 0.321. The molecule has 9 nitrogen and oxygen atoms in total.